The van der Waals surface area contributed by atoms with Gasteiger partial charge in [-0.3, -0.25) is 4.79 Å². The Morgan fingerprint density at radius 3 is 2.61 bits per heavy atom. The Morgan fingerprint density at radius 1 is 1.26 bits per heavy atom. The molecule has 1 fully saturated rings. The summed E-state index contributed by atoms with van der Waals surface area (Å²) in [6.07, 6.45) is 5.13. The molecule has 0 saturated carbocycles. The van der Waals surface area contributed by atoms with Gasteiger partial charge in [0.15, 0.2) is 0 Å². The van der Waals surface area contributed by atoms with Gasteiger partial charge < -0.3 is 20.1 Å². The second-order valence-corrected chi connectivity index (χ2v) is 8.90. The van der Waals surface area contributed by atoms with Crippen LogP contribution >= 0.6 is 11.6 Å². The van der Waals surface area contributed by atoms with E-state index in [2.05, 4.69) is 40.1 Å². The molecule has 1 aliphatic rings. The van der Waals surface area contributed by atoms with Crippen molar-refractivity contribution in [1.29, 1.82) is 0 Å². The highest BCUT2D eigenvalue weighted by atomic mass is 35.5. The van der Waals surface area contributed by atoms with Crippen LogP contribution in [0.25, 0.3) is 0 Å². The van der Waals surface area contributed by atoms with E-state index in [1.54, 1.807) is 6.20 Å². The minimum atomic E-state index is -0.807. The highest BCUT2D eigenvalue weighted by molar-refractivity contribution is 6.29. The van der Waals surface area contributed by atoms with Crippen LogP contribution in [0.1, 0.15) is 51.5 Å². The number of ether oxygens (including phenoxy) is 1. The number of aromatic nitrogens is 2. The van der Waals surface area contributed by atoms with Gasteiger partial charge >= 0.3 is 5.97 Å². The SMILES string of the molecule is CC(C)CN(c1ccc([C@H](C)CC(=O)O)cc1Nc1cnc(Cl)cn1)C1CCOCC1. The van der Waals surface area contributed by atoms with Crippen molar-refractivity contribution in [3.63, 3.8) is 0 Å². The zero-order valence-electron chi connectivity index (χ0n) is 18.3. The first-order valence-electron chi connectivity index (χ1n) is 10.8. The lowest BCUT2D eigenvalue weighted by atomic mass is 9.95. The van der Waals surface area contributed by atoms with Gasteiger partial charge in [-0.15, -0.1) is 0 Å². The van der Waals surface area contributed by atoms with E-state index in [4.69, 9.17) is 16.3 Å². The zero-order chi connectivity index (χ0) is 22.4. The van der Waals surface area contributed by atoms with E-state index in [0.717, 1.165) is 49.5 Å². The highest BCUT2D eigenvalue weighted by Crippen LogP contribution is 2.35. The first-order chi connectivity index (χ1) is 14.8. The Hall–Kier alpha value is -2.38. The molecule has 2 N–H and O–H groups in total. The Bertz CT molecular complexity index is 870. The summed E-state index contributed by atoms with van der Waals surface area (Å²) >= 11 is 5.89. The molecule has 0 aliphatic carbocycles. The predicted octanol–water partition coefficient (Wildman–Crippen LogP) is 5.09. The largest absolute Gasteiger partial charge is 0.481 e. The van der Waals surface area contributed by atoms with Crippen LogP contribution in [-0.2, 0) is 9.53 Å². The van der Waals surface area contributed by atoms with Gasteiger partial charge in [-0.05, 0) is 42.4 Å². The number of nitrogens with one attached hydrogen (secondary N) is 1. The van der Waals surface area contributed by atoms with Gasteiger partial charge in [-0.2, -0.15) is 0 Å². The van der Waals surface area contributed by atoms with E-state index in [-0.39, 0.29) is 12.3 Å². The Kier molecular flexibility index (Phi) is 8.09. The third-order valence-corrected chi connectivity index (χ3v) is 5.65. The lowest BCUT2D eigenvalue weighted by Crippen LogP contribution is -2.42. The van der Waals surface area contributed by atoms with Gasteiger partial charge in [0.05, 0.1) is 30.2 Å². The topological polar surface area (TPSA) is 87.6 Å². The van der Waals surface area contributed by atoms with E-state index in [1.807, 2.05) is 19.1 Å². The van der Waals surface area contributed by atoms with Gasteiger partial charge in [-0.25, -0.2) is 9.97 Å². The number of hydrogen-bond acceptors (Lipinski definition) is 6. The smallest absolute Gasteiger partial charge is 0.303 e. The molecule has 0 spiro atoms. The van der Waals surface area contributed by atoms with Gasteiger partial charge in [0.25, 0.3) is 0 Å². The zero-order valence-corrected chi connectivity index (χ0v) is 19.1. The monoisotopic (exact) mass is 446 g/mol. The van der Waals surface area contributed by atoms with Crippen LogP contribution in [0.5, 0.6) is 0 Å². The summed E-state index contributed by atoms with van der Waals surface area (Å²) in [5.74, 6) is 0.158. The first kappa shape index (κ1) is 23.3. The van der Waals surface area contributed by atoms with Crippen molar-refractivity contribution in [3.8, 4) is 0 Å². The van der Waals surface area contributed by atoms with Crippen LogP contribution in [0, 0.1) is 5.92 Å². The molecule has 2 aromatic rings. The molecule has 1 aliphatic heterocycles. The highest BCUT2D eigenvalue weighted by Gasteiger charge is 2.25. The van der Waals surface area contributed by atoms with E-state index >= 15 is 0 Å². The number of aliphatic carboxylic acids is 1. The van der Waals surface area contributed by atoms with Crippen molar-refractivity contribution in [2.24, 2.45) is 5.92 Å². The fraction of sp³-hybridized carbons (Fsp3) is 0.522. The fourth-order valence-corrected chi connectivity index (χ4v) is 4.04. The third-order valence-electron chi connectivity index (χ3n) is 5.46. The molecular weight excluding hydrogens is 416 g/mol. The number of carbonyl (C=O) groups is 1. The molecular formula is C23H31ClN4O3. The second kappa shape index (κ2) is 10.8. The summed E-state index contributed by atoms with van der Waals surface area (Å²) in [5, 5.41) is 12.9. The molecule has 1 atom stereocenters. The maximum absolute atomic E-state index is 11.2. The van der Waals surface area contributed by atoms with Gasteiger partial charge in [-0.1, -0.05) is 38.4 Å². The molecule has 31 heavy (non-hydrogen) atoms. The molecule has 2 heterocycles. The van der Waals surface area contributed by atoms with Gasteiger partial charge in [0.2, 0.25) is 0 Å². The molecule has 1 aromatic carbocycles. The molecule has 0 radical (unpaired) electrons. The van der Waals surface area contributed by atoms with Crippen molar-refractivity contribution >= 4 is 34.8 Å². The third kappa shape index (κ3) is 6.55. The summed E-state index contributed by atoms with van der Waals surface area (Å²) in [6, 6.07) is 6.55. The summed E-state index contributed by atoms with van der Waals surface area (Å²) < 4.78 is 5.59. The van der Waals surface area contributed by atoms with Gasteiger partial charge in [0.1, 0.15) is 11.0 Å². The van der Waals surface area contributed by atoms with E-state index in [9.17, 15) is 9.90 Å². The molecule has 8 heteroatoms. The Morgan fingerprint density at radius 2 is 2.00 bits per heavy atom. The van der Waals surface area contributed by atoms with Crippen molar-refractivity contribution in [2.45, 2.75) is 52.0 Å². The molecule has 1 saturated heterocycles. The lowest BCUT2D eigenvalue weighted by Gasteiger charge is -2.38. The number of benzene rings is 1. The van der Waals surface area contributed by atoms with Crippen molar-refractivity contribution < 1.29 is 14.6 Å². The van der Waals surface area contributed by atoms with Crippen LogP contribution in [0.4, 0.5) is 17.2 Å². The molecule has 1 aromatic heterocycles. The second-order valence-electron chi connectivity index (χ2n) is 8.51. The van der Waals surface area contributed by atoms with Crippen LogP contribution in [0.2, 0.25) is 5.15 Å². The summed E-state index contributed by atoms with van der Waals surface area (Å²) in [7, 11) is 0. The number of halogens is 1. The van der Waals surface area contributed by atoms with Gasteiger partial charge in [0, 0.05) is 25.8 Å². The first-order valence-corrected chi connectivity index (χ1v) is 11.2. The molecule has 0 amide bonds. The van der Waals surface area contributed by atoms with E-state index < -0.39 is 5.97 Å². The summed E-state index contributed by atoms with van der Waals surface area (Å²) in [4.78, 5) is 22.1. The normalized spacial score (nSPS) is 15.6. The Balaban J connectivity index is 2.00. The lowest BCUT2D eigenvalue weighted by molar-refractivity contribution is -0.137. The quantitative estimate of drug-likeness (QED) is 0.554. The standard InChI is InChI=1S/C23H31ClN4O3/c1-15(2)14-28(18-6-8-31-9-7-18)20-5-4-17(16(3)10-23(29)30)11-19(20)27-22-13-25-21(24)12-26-22/h4-5,11-13,15-16,18H,6-10,14H2,1-3H3,(H,26,27)(H,29,30)/t16-/m1/s1. The van der Waals surface area contributed by atoms with Crippen molar-refractivity contribution in [3.05, 3.63) is 41.3 Å². The molecule has 0 bridgehead atoms. The molecule has 0 unspecified atom stereocenters. The predicted molar refractivity (Wildman–Crippen MR) is 123 cm³/mol. The maximum Gasteiger partial charge on any atom is 0.303 e. The van der Waals surface area contributed by atoms with Crippen molar-refractivity contribution in [1.82, 2.24) is 9.97 Å². The minimum Gasteiger partial charge on any atom is -0.481 e. The summed E-state index contributed by atoms with van der Waals surface area (Å²) in [6.45, 7) is 8.80. The van der Waals surface area contributed by atoms with Crippen LogP contribution < -0.4 is 10.2 Å². The number of nitrogens with zero attached hydrogens (tertiary/aromatic N) is 3. The van der Waals surface area contributed by atoms with E-state index in [1.165, 1.54) is 6.20 Å². The average molecular weight is 447 g/mol. The maximum atomic E-state index is 11.2. The number of hydrogen-bond donors (Lipinski definition) is 2. The van der Waals surface area contributed by atoms with Crippen LogP contribution in [0.15, 0.2) is 30.6 Å². The average Bonchev–Trinajstić information content (AvgIpc) is 2.74. The van der Waals surface area contributed by atoms with Crippen LogP contribution in [0.3, 0.4) is 0 Å². The summed E-state index contributed by atoms with van der Waals surface area (Å²) in [5.41, 5.74) is 2.93. The molecule has 7 nitrogen and oxygen atoms in total. The number of carboxylic acid groups (broad SMARTS) is 1. The van der Waals surface area contributed by atoms with Crippen molar-refractivity contribution in [2.75, 3.05) is 30.0 Å². The fourth-order valence-electron chi connectivity index (χ4n) is 3.94. The van der Waals surface area contributed by atoms with E-state index in [0.29, 0.717) is 22.9 Å². The minimum absolute atomic E-state index is 0.0786. The van der Waals surface area contributed by atoms with Crippen LogP contribution in [-0.4, -0.2) is 46.8 Å². The molecule has 3 rings (SSSR count). The molecule has 168 valence electrons. The Labute approximate surface area is 188 Å². The number of rotatable bonds is 9. The number of anilines is 3. The number of carboxylic acids is 1.